The topological polar surface area (TPSA) is 54.0 Å². The van der Waals surface area contributed by atoms with Crippen LogP contribution in [0.3, 0.4) is 0 Å². The normalized spacial score (nSPS) is 33.0. The standard InChI is InChI=1S/C7H10O5/c8-7(11-5-1-3-9-5)12-6-2-4-10-6/h5-6H,1-4H2. The van der Waals surface area contributed by atoms with Gasteiger partial charge in [0, 0.05) is 12.8 Å². The lowest BCUT2D eigenvalue weighted by Crippen LogP contribution is -2.36. The Morgan fingerprint density at radius 3 is 1.75 bits per heavy atom. The van der Waals surface area contributed by atoms with Crippen molar-refractivity contribution in [1.82, 2.24) is 0 Å². The molecule has 2 aliphatic heterocycles. The number of ether oxygens (including phenoxy) is 4. The molecular weight excluding hydrogens is 164 g/mol. The van der Waals surface area contributed by atoms with Crippen molar-refractivity contribution >= 4 is 6.16 Å². The van der Waals surface area contributed by atoms with Crippen molar-refractivity contribution in [3.05, 3.63) is 0 Å². The molecule has 2 rings (SSSR count). The maximum Gasteiger partial charge on any atom is 0.512 e. The minimum absolute atomic E-state index is 0.405. The molecule has 2 aliphatic rings. The number of hydrogen-bond acceptors (Lipinski definition) is 5. The Balaban J connectivity index is 1.62. The van der Waals surface area contributed by atoms with Gasteiger partial charge < -0.3 is 18.9 Å². The third-order valence-corrected chi connectivity index (χ3v) is 1.77. The maximum absolute atomic E-state index is 10.8. The van der Waals surface area contributed by atoms with Gasteiger partial charge >= 0.3 is 6.16 Å². The van der Waals surface area contributed by atoms with Crippen LogP contribution in [-0.4, -0.2) is 31.9 Å². The fraction of sp³-hybridized carbons (Fsp3) is 0.857. The molecule has 0 aromatic heterocycles. The Bertz CT molecular complexity index is 155. The van der Waals surface area contributed by atoms with E-state index in [-0.39, 0.29) is 0 Å². The lowest BCUT2D eigenvalue weighted by Gasteiger charge is -2.28. The highest BCUT2D eigenvalue weighted by atomic mass is 16.8. The highest BCUT2D eigenvalue weighted by Gasteiger charge is 2.27. The Hall–Kier alpha value is -0.810. The average Bonchev–Trinajstić information content (AvgIpc) is 1.89. The summed E-state index contributed by atoms with van der Waals surface area (Å²) in [6.07, 6.45) is -0.0131. The van der Waals surface area contributed by atoms with E-state index in [0.717, 1.165) is 12.8 Å². The Labute approximate surface area is 69.5 Å². The number of carbonyl (C=O) groups excluding carboxylic acids is 1. The van der Waals surface area contributed by atoms with Crippen LogP contribution in [0.5, 0.6) is 0 Å². The van der Waals surface area contributed by atoms with Gasteiger partial charge in [0.25, 0.3) is 0 Å². The summed E-state index contributed by atoms with van der Waals surface area (Å²) in [6.45, 7) is 1.30. The van der Waals surface area contributed by atoms with Crippen LogP contribution in [0.2, 0.25) is 0 Å². The van der Waals surface area contributed by atoms with Crippen LogP contribution >= 0.6 is 0 Å². The molecule has 0 bridgehead atoms. The average molecular weight is 174 g/mol. The van der Waals surface area contributed by atoms with Crippen molar-refractivity contribution in [2.45, 2.75) is 25.4 Å². The van der Waals surface area contributed by atoms with Crippen LogP contribution in [0, 0.1) is 0 Å². The summed E-state index contributed by atoms with van der Waals surface area (Å²) in [7, 11) is 0. The third-order valence-electron chi connectivity index (χ3n) is 1.77. The van der Waals surface area contributed by atoms with E-state index in [4.69, 9.17) is 18.9 Å². The van der Waals surface area contributed by atoms with E-state index in [0.29, 0.717) is 13.2 Å². The summed E-state index contributed by atoms with van der Waals surface area (Å²) in [4.78, 5) is 10.8. The van der Waals surface area contributed by atoms with Crippen molar-refractivity contribution in [1.29, 1.82) is 0 Å². The highest BCUT2D eigenvalue weighted by Crippen LogP contribution is 2.16. The Morgan fingerprint density at radius 2 is 1.50 bits per heavy atom. The molecule has 0 aromatic carbocycles. The van der Waals surface area contributed by atoms with Crippen molar-refractivity contribution in [3.8, 4) is 0 Å². The quantitative estimate of drug-likeness (QED) is 0.575. The summed E-state index contributed by atoms with van der Waals surface area (Å²) < 4.78 is 19.2. The van der Waals surface area contributed by atoms with Crippen LogP contribution < -0.4 is 0 Å². The molecule has 2 heterocycles. The minimum Gasteiger partial charge on any atom is -0.404 e. The van der Waals surface area contributed by atoms with Crippen molar-refractivity contribution < 1.29 is 23.7 Å². The smallest absolute Gasteiger partial charge is 0.404 e. The first-order valence-electron chi connectivity index (χ1n) is 3.95. The van der Waals surface area contributed by atoms with E-state index in [2.05, 4.69) is 0 Å². The number of rotatable bonds is 2. The van der Waals surface area contributed by atoms with Crippen LogP contribution in [-0.2, 0) is 18.9 Å². The van der Waals surface area contributed by atoms with Crippen LogP contribution in [0.4, 0.5) is 4.79 Å². The zero-order chi connectivity index (χ0) is 8.39. The molecule has 0 N–H and O–H groups in total. The predicted octanol–water partition coefficient (Wildman–Crippen LogP) is 0.632. The molecule has 12 heavy (non-hydrogen) atoms. The molecule has 68 valence electrons. The second-order valence-corrected chi connectivity index (χ2v) is 2.66. The second-order valence-electron chi connectivity index (χ2n) is 2.66. The van der Waals surface area contributed by atoms with Crippen LogP contribution in [0.1, 0.15) is 12.8 Å². The SMILES string of the molecule is O=C(OC1CCO1)OC1CCO1. The molecular formula is C7H10O5. The van der Waals surface area contributed by atoms with Crippen molar-refractivity contribution in [3.63, 3.8) is 0 Å². The summed E-state index contributed by atoms with van der Waals surface area (Å²) in [6, 6.07) is 0. The van der Waals surface area contributed by atoms with Gasteiger partial charge in [-0.15, -0.1) is 0 Å². The first-order chi connectivity index (χ1) is 5.84. The van der Waals surface area contributed by atoms with E-state index in [1.807, 2.05) is 0 Å². The molecule has 0 spiro atoms. The van der Waals surface area contributed by atoms with Crippen molar-refractivity contribution in [2.24, 2.45) is 0 Å². The molecule has 5 nitrogen and oxygen atoms in total. The number of hydrogen-bond donors (Lipinski definition) is 0. The van der Waals surface area contributed by atoms with E-state index >= 15 is 0 Å². The molecule has 0 saturated carbocycles. The zero-order valence-corrected chi connectivity index (χ0v) is 6.52. The second kappa shape index (κ2) is 3.28. The van der Waals surface area contributed by atoms with Gasteiger partial charge in [-0.25, -0.2) is 4.79 Å². The fourth-order valence-electron chi connectivity index (χ4n) is 0.856. The Morgan fingerprint density at radius 1 is 1.08 bits per heavy atom. The summed E-state index contributed by atoms with van der Waals surface area (Å²) in [5.74, 6) is 0. The van der Waals surface area contributed by atoms with E-state index < -0.39 is 18.7 Å². The van der Waals surface area contributed by atoms with Gasteiger partial charge in [0.1, 0.15) is 0 Å². The zero-order valence-electron chi connectivity index (χ0n) is 6.52. The van der Waals surface area contributed by atoms with Crippen LogP contribution in [0.15, 0.2) is 0 Å². The molecule has 2 saturated heterocycles. The highest BCUT2D eigenvalue weighted by molar-refractivity contribution is 5.60. The van der Waals surface area contributed by atoms with Gasteiger partial charge in [0.15, 0.2) is 0 Å². The minimum atomic E-state index is -0.704. The molecule has 0 aromatic rings. The van der Waals surface area contributed by atoms with Crippen molar-refractivity contribution in [2.75, 3.05) is 13.2 Å². The Kier molecular flexibility index (Phi) is 2.14. The lowest BCUT2D eigenvalue weighted by molar-refractivity contribution is -0.230. The first kappa shape index (κ1) is 7.82. The van der Waals surface area contributed by atoms with Crippen LogP contribution in [0.25, 0.3) is 0 Å². The molecule has 0 radical (unpaired) electrons. The maximum atomic E-state index is 10.8. The van der Waals surface area contributed by atoms with Gasteiger partial charge in [0.2, 0.25) is 12.6 Å². The van der Waals surface area contributed by atoms with Gasteiger partial charge in [-0.1, -0.05) is 0 Å². The van der Waals surface area contributed by atoms with Gasteiger partial charge in [-0.2, -0.15) is 0 Å². The largest absolute Gasteiger partial charge is 0.512 e. The summed E-state index contributed by atoms with van der Waals surface area (Å²) in [5.41, 5.74) is 0. The molecule has 2 unspecified atom stereocenters. The van der Waals surface area contributed by atoms with E-state index in [1.54, 1.807) is 0 Å². The summed E-state index contributed by atoms with van der Waals surface area (Å²) in [5, 5.41) is 0. The molecule has 0 aliphatic carbocycles. The fourth-order valence-corrected chi connectivity index (χ4v) is 0.856. The van der Waals surface area contributed by atoms with E-state index in [1.165, 1.54) is 0 Å². The first-order valence-corrected chi connectivity index (χ1v) is 3.95. The van der Waals surface area contributed by atoms with Gasteiger partial charge in [-0.05, 0) is 0 Å². The van der Waals surface area contributed by atoms with Gasteiger partial charge in [-0.3, -0.25) is 0 Å². The number of carbonyl (C=O) groups is 1. The molecule has 0 amide bonds. The summed E-state index contributed by atoms with van der Waals surface area (Å²) >= 11 is 0. The monoisotopic (exact) mass is 174 g/mol. The lowest BCUT2D eigenvalue weighted by atomic mass is 10.3. The van der Waals surface area contributed by atoms with Gasteiger partial charge in [0.05, 0.1) is 13.2 Å². The third kappa shape index (κ3) is 1.67. The predicted molar refractivity (Wildman–Crippen MR) is 36.3 cm³/mol. The molecule has 2 fully saturated rings. The molecule has 2 atom stereocenters. The van der Waals surface area contributed by atoms with E-state index in [9.17, 15) is 4.79 Å². The molecule has 5 heteroatoms.